The highest BCUT2D eigenvalue weighted by Crippen LogP contribution is 2.31. The highest BCUT2D eigenvalue weighted by Gasteiger charge is 2.23. The SMILES string of the molecule is C#Cc1cc(OC)cc(C(Nc2ccc(C(=N)N)c(OC(C)=O)c2)c2nn(C3=NCCC=N3)c(=O)[nH]2)c1. The van der Waals surface area contributed by atoms with E-state index in [9.17, 15) is 9.59 Å². The Morgan fingerprint density at radius 1 is 1.32 bits per heavy atom. The first-order valence-corrected chi connectivity index (χ1v) is 11.1. The fraction of sp³-hybridized carbons (Fsp3) is 0.200. The molecule has 1 aliphatic heterocycles. The Hall–Kier alpha value is -5.18. The molecule has 0 saturated heterocycles. The average molecular weight is 501 g/mol. The number of aromatic amines is 1. The number of nitrogens with zero attached hydrogens (tertiary/aromatic N) is 4. The molecule has 5 N–H and O–H groups in total. The maximum Gasteiger partial charge on any atom is 0.350 e. The standard InChI is InChI=1S/C25H24N8O4/c1-4-15-10-16(12-18(11-15)36-3)21(23-31-25(35)33(32-23)24-28-8-5-9-29-24)30-17-6-7-19(22(26)27)20(13-17)37-14(2)34/h1,6-8,10-13,21,30H,5,9H2,2-3H3,(H3,26,27)(H,31,32,35). The predicted octanol–water partition coefficient (Wildman–Crippen LogP) is 1.65. The van der Waals surface area contributed by atoms with Crippen LogP contribution in [0.15, 0.2) is 51.2 Å². The van der Waals surface area contributed by atoms with Crippen LogP contribution in [0.2, 0.25) is 0 Å². The molecule has 37 heavy (non-hydrogen) atoms. The maximum absolute atomic E-state index is 12.8. The minimum absolute atomic E-state index is 0.101. The van der Waals surface area contributed by atoms with Gasteiger partial charge in [-0.1, -0.05) is 5.92 Å². The summed E-state index contributed by atoms with van der Waals surface area (Å²) < 4.78 is 11.8. The number of benzene rings is 2. The van der Waals surface area contributed by atoms with E-state index in [1.807, 2.05) is 0 Å². The Balaban J connectivity index is 1.83. The van der Waals surface area contributed by atoms with Crippen molar-refractivity contribution in [2.75, 3.05) is 19.0 Å². The second-order valence-electron chi connectivity index (χ2n) is 7.94. The molecule has 2 aromatic carbocycles. The number of terminal acetylenes is 1. The van der Waals surface area contributed by atoms with E-state index >= 15 is 0 Å². The fourth-order valence-corrected chi connectivity index (χ4v) is 3.68. The lowest BCUT2D eigenvalue weighted by atomic mass is 10.0. The van der Waals surface area contributed by atoms with Crippen molar-refractivity contribution in [1.29, 1.82) is 5.41 Å². The van der Waals surface area contributed by atoms with Gasteiger partial charge in [0.15, 0.2) is 5.82 Å². The molecule has 3 aromatic rings. The molecule has 12 heteroatoms. The van der Waals surface area contributed by atoms with Gasteiger partial charge in [-0.3, -0.25) is 15.2 Å². The van der Waals surface area contributed by atoms with Crippen LogP contribution in [0.25, 0.3) is 0 Å². The Bertz CT molecular complexity index is 1530. The molecule has 0 amide bonds. The van der Waals surface area contributed by atoms with Gasteiger partial charge < -0.3 is 20.5 Å². The van der Waals surface area contributed by atoms with Crippen molar-refractivity contribution in [3.05, 3.63) is 69.4 Å². The molecule has 0 aliphatic carbocycles. The largest absolute Gasteiger partial charge is 0.497 e. The molecule has 1 unspecified atom stereocenters. The van der Waals surface area contributed by atoms with E-state index in [1.54, 1.807) is 36.5 Å². The normalized spacial score (nSPS) is 13.3. The molecule has 1 atom stereocenters. The molecule has 4 rings (SSSR count). The van der Waals surface area contributed by atoms with Gasteiger partial charge >= 0.3 is 11.7 Å². The van der Waals surface area contributed by atoms with Gasteiger partial charge in [0.05, 0.1) is 12.7 Å². The molecule has 0 spiro atoms. The number of hydrogen-bond donors (Lipinski definition) is 4. The zero-order valence-electron chi connectivity index (χ0n) is 20.1. The number of nitrogen functional groups attached to an aromatic ring is 1. The second-order valence-corrected chi connectivity index (χ2v) is 7.94. The lowest BCUT2D eigenvalue weighted by Gasteiger charge is -2.20. The van der Waals surface area contributed by atoms with Gasteiger partial charge in [0, 0.05) is 43.4 Å². The molecule has 1 aromatic heterocycles. The van der Waals surface area contributed by atoms with Crippen LogP contribution in [0.1, 0.15) is 41.9 Å². The molecule has 0 fully saturated rings. The topological polar surface area (TPSA) is 173 Å². The number of hydrogen-bond acceptors (Lipinski definition) is 9. The number of nitrogens with one attached hydrogen (secondary N) is 3. The first-order valence-electron chi connectivity index (χ1n) is 11.1. The fourth-order valence-electron chi connectivity index (χ4n) is 3.68. The van der Waals surface area contributed by atoms with E-state index in [2.05, 4.69) is 31.3 Å². The van der Waals surface area contributed by atoms with Crippen LogP contribution < -0.4 is 26.2 Å². The van der Waals surface area contributed by atoms with Gasteiger partial charge in [-0.05, 0) is 35.9 Å². The summed E-state index contributed by atoms with van der Waals surface area (Å²) in [6.07, 6.45) is 8.01. The molecular weight excluding hydrogens is 476 g/mol. The number of aromatic nitrogens is 3. The quantitative estimate of drug-likeness (QED) is 0.125. The summed E-state index contributed by atoms with van der Waals surface area (Å²) >= 11 is 0. The van der Waals surface area contributed by atoms with Crippen molar-refractivity contribution in [3.8, 4) is 23.8 Å². The zero-order chi connectivity index (χ0) is 26.5. The molecule has 0 radical (unpaired) electrons. The van der Waals surface area contributed by atoms with E-state index < -0.39 is 17.7 Å². The Kier molecular flexibility index (Phi) is 7.15. The number of anilines is 1. The third kappa shape index (κ3) is 5.57. The van der Waals surface area contributed by atoms with Gasteiger partial charge in [0.2, 0.25) is 5.96 Å². The van der Waals surface area contributed by atoms with Crippen LogP contribution in [0.4, 0.5) is 5.69 Å². The molecule has 188 valence electrons. The molecule has 0 saturated carbocycles. The summed E-state index contributed by atoms with van der Waals surface area (Å²) in [7, 11) is 1.52. The first-order chi connectivity index (χ1) is 17.8. The van der Waals surface area contributed by atoms with E-state index in [1.165, 1.54) is 20.1 Å². The third-order valence-electron chi connectivity index (χ3n) is 5.32. The highest BCUT2D eigenvalue weighted by atomic mass is 16.5. The number of esters is 1. The van der Waals surface area contributed by atoms with E-state index in [0.717, 1.165) is 4.68 Å². The van der Waals surface area contributed by atoms with E-state index in [4.69, 9.17) is 27.0 Å². The molecular formula is C25H24N8O4. The Morgan fingerprint density at radius 3 is 2.78 bits per heavy atom. The summed E-state index contributed by atoms with van der Waals surface area (Å²) in [5.41, 5.74) is 7.04. The zero-order valence-corrected chi connectivity index (χ0v) is 20.1. The number of ether oxygens (including phenoxy) is 2. The Morgan fingerprint density at radius 2 is 2.14 bits per heavy atom. The van der Waals surface area contributed by atoms with E-state index in [0.29, 0.717) is 35.5 Å². The predicted molar refractivity (Wildman–Crippen MR) is 139 cm³/mol. The number of carbonyl (C=O) groups is 1. The first kappa shape index (κ1) is 24.9. The van der Waals surface area contributed by atoms with Gasteiger partial charge in [-0.15, -0.1) is 16.2 Å². The van der Waals surface area contributed by atoms with Crippen molar-refractivity contribution >= 4 is 29.7 Å². The van der Waals surface area contributed by atoms with Crippen molar-refractivity contribution in [1.82, 2.24) is 14.8 Å². The lowest BCUT2D eigenvalue weighted by Crippen LogP contribution is -2.26. The summed E-state index contributed by atoms with van der Waals surface area (Å²) in [5.74, 6) is 2.79. The van der Waals surface area contributed by atoms with Crippen molar-refractivity contribution in [3.63, 3.8) is 0 Å². The second kappa shape index (κ2) is 10.6. The third-order valence-corrected chi connectivity index (χ3v) is 5.32. The smallest absolute Gasteiger partial charge is 0.350 e. The number of carbonyl (C=O) groups excluding carboxylic acids is 1. The number of nitrogens with two attached hydrogens (primary N) is 1. The van der Waals surface area contributed by atoms with Crippen LogP contribution in [-0.2, 0) is 4.79 Å². The van der Waals surface area contributed by atoms with Gasteiger partial charge in [0.25, 0.3) is 0 Å². The van der Waals surface area contributed by atoms with Crippen LogP contribution in [-0.4, -0.2) is 52.4 Å². The number of aliphatic imine (C=N–C) groups is 2. The summed E-state index contributed by atoms with van der Waals surface area (Å²) in [5, 5.41) is 15.5. The molecule has 1 aliphatic rings. The maximum atomic E-state index is 12.8. The van der Waals surface area contributed by atoms with Crippen LogP contribution in [0.5, 0.6) is 11.5 Å². The molecule has 2 heterocycles. The molecule has 0 bridgehead atoms. The summed E-state index contributed by atoms with van der Waals surface area (Å²) in [6.45, 7) is 1.75. The summed E-state index contributed by atoms with van der Waals surface area (Å²) in [4.78, 5) is 35.6. The minimum atomic E-state index is -0.738. The van der Waals surface area contributed by atoms with Gasteiger partial charge in [0.1, 0.15) is 23.4 Å². The van der Waals surface area contributed by atoms with Crippen LogP contribution >= 0.6 is 0 Å². The van der Waals surface area contributed by atoms with Crippen molar-refractivity contribution in [2.45, 2.75) is 19.4 Å². The van der Waals surface area contributed by atoms with Crippen LogP contribution in [0.3, 0.4) is 0 Å². The number of amidine groups is 1. The summed E-state index contributed by atoms with van der Waals surface area (Å²) in [6, 6.07) is 9.20. The number of rotatable bonds is 7. The van der Waals surface area contributed by atoms with Gasteiger partial charge in [-0.2, -0.15) is 0 Å². The lowest BCUT2D eigenvalue weighted by molar-refractivity contribution is -0.131. The van der Waals surface area contributed by atoms with Crippen molar-refractivity contribution in [2.24, 2.45) is 15.7 Å². The minimum Gasteiger partial charge on any atom is -0.497 e. The van der Waals surface area contributed by atoms with Crippen LogP contribution in [0, 0.1) is 17.8 Å². The number of methoxy groups -OCH3 is 1. The van der Waals surface area contributed by atoms with Gasteiger partial charge in [-0.25, -0.2) is 14.8 Å². The number of H-pyrrole nitrogens is 1. The average Bonchev–Trinajstić information content (AvgIpc) is 3.28. The molecule has 12 nitrogen and oxygen atoms in total. The highest BCUT2D eigenvalue weighted by molar-refractivity contribution is 5.98. The van der Waals surface area contributed by atoms with Crippen molar-refractivity contribution < 1.29 is 14.3 Å². The Labute approximate surface area is 211 Å². The van der Waals surface area contributed by atoms with E-state index in [-0.39, 0.29) is 28.9 Å². The monoisotopic (exact) mass is 500 g/mol.